The van der Waals surface area contributed by atoms with E-state index in [1.807, 2.05) is 67.8 Å². The van der Waals surface area contributed by atoms with E-state index in [1.165, 1.54) is 23.8 Å². The molecule has 0 fully saturated rings. The van der Waals surface area contributed by atoms with Gasteiger partial charge in [0, 0.05) is 12.3 Å². The number of nitrogens with zero attached hydrogens (tertiary/aromatic N) is 2. The number of aromatic nitrogens is 1. The zero-order valence-corrected chi connectivity index (χ0v) is 18.4. The molecule has 1 aromatic heterocycles. The number of hydrogen-bond donors (Lipinski definition) is 0. The van der Waals surface area contributed by atoms with Crippen molar-refractivity contribution in [2.75, 3.05) is 4.90 Å². The Hall–Kier alpha value is -3.51. The van der Waals surface area contributed by atoms with E-state index in [0.29, 0.717) is 22.1 Å². The molecule has 1 amide bonds. The molecule has 0 spiro atoms. The van der Waals surface area contributed by atoms with Crippen molar-refractivity contribution in [3.63, 3.8) is 0 Å². The Balaban J connectivity index is 1.57. The number of rotatable bonds is 6. The molecule has 0 saturated heterocycles. The van der Waals surface area contributed by atoms with Crippen molar-refractivity contribution >= 4 is 45.1 Å². The number of benzene rings is 3. The highest BCUT2D eigenvalue weighted by molar-refractivity contribution is 7.14. The van der Waals surface area contributed by atoms with Gasteiger partial charge in [-0.15, -0.1) is 11.3 Å². The number of fused-ring (bicyclic) bond motifs is 1. The van der Waals surface area contributed by atoms with Gasteiger partial charge >= 0.3 is 0 Å². The number of carbonyl (C=O) groups is 2. The molecule has 4 rings (SSSR count). The van der Waals surface area contributed by atoms with E-state index < -0.39 is 0 Å². The fourth-order valence-electron chi connectivity index (χ4n) is 3.43. The van der Waals surface area contributed by atoms with Gasteiger partial charge in [-0.3, -0.25) is 14.5 Å². The van der Waals surface area contributed by atoms with Crippen molar-refractivity contribution in [1.29, 1.82) is 0 Å². The van der Waals surface area contributed by atoms with Gasteiger partial charge in [-0.05, 0) is 53.9 Å². The Morgan fingerprint density at radius 1 is 1.10 bits per heavy atom. The van der Waals surface area contributed by atoms with Crippen LogP contribution in [0.25, 0.3) is 10.8 Å². The molecule has 4 aromatic rings. The third kappa shape index (κ3) is 4.20. The summed E-state index contributed by atoms with van der Waals surface area (Å²) in [5, 5.41) is 4.29. The first-order chi connectivity index (χ1) is 15.0. The Labute approximate surface area is 184 Å². The number of ether oxygens (including phenoxy) is 1. The van der Waals surface area contributed by atoms with Gasteiger partial charge in [0.25, 0.3) is 0 Å². The number of aldehydes is 1. The third-order valence-corrected chi connectivity index (χ3v) is 6.09. The second-order valence-electron chi connectivity index (χ2n) is 7.35. The lowest BCUT2D eigenvalue weighted by molar-refractivity contribution is -0.115. The average molecular weight is 431 g/mol. The third-order valence-electron chi connectivity index (χ3n) is 5.22. The number of anilines is 2. The van der Waals surface area contributed by atoms with E-state index in [4.69, 9.17) is 4.74 Å². The van der Waals surface area contributed by atoms with Crippen LogP contribution in [-0.4, -0.2) is 17.2 Å². The minimum absolute atomic E-state index is 0.108. The normalized spacial score (nSPS) is 10.8. The van der Waals surface area contributed by atoms with Gasteiger partial charge in [0.1, 0.15) is 12.4 Å². The van der Waals surface area contributed by atoms with Crippen molar-refractivity contribution in [3.05, 3.63) is 82.4 Å². The number of thiazole rings is 1. The summed E-state index contributed by atoms with van der Waals surface area (Å²) < 4.78 is 5.93. The SMILES string of the molecule is CC(=O)N(c1ccc(C)c(C)c1)c1nc(COc2ccc3ccccc3c2C=O)cs1. The highest BCUT2D eigenvalue weighted by atomic mass is 32.1. The molecule has 0 N–H and O–H groups in total. The second-order valence-corrected chi connectivity index (χ2v) is 8.19. The van der Waals surface area contributed by atoms with E-state index in [1.54, 1.807) is 11.0 Å². The Morgan fingerprint density at radius 2 is 1.90 bits per heavy atom. The maximum atomic E-state index is 12.4. The quantitative estimate of drug-likeness (QED) is 0.353. The van der Waals surface area contributed by atoms with Crippen molar-refractivity contribution in [1.82, 2.24) is 4.98 Å². The maximum Gasteiger partial charge on any atom is 0.230 e. The van der Waals surface area contributed by atoms with Crippen molar-refractivity contribution < 1.29 is 14.3 Å². The van der Waals surface area contributed by atoms with Gasteiger partial charge in [-0.2, -0.15) is 0 Å². The van der Waals surface area contributed by atoms with Crippen LogP contribution in [0.15, 0.2) is 60.0 Å². The second kappa shape index (κ2) is 8.70. The molecule has 156 valence electrons. The molecule has 0 saturated carbocycles. The lowest BCUT2D eigenvalue weighted by Gasteiger charge is -2.19. The van der Waals surface area contributed by atoms with Gasteiger partial charge in [-0.25, -0.2) is 4.98 Å². The average Bonchev–Trinajstić information content (AvgIpc) is 3.22. The van der Waals surface area contributed by atoms with Crippen LogP contribution in [0, 0.1) is 13.8 Å². The van der Waals surface area contributed by atoms with Crippen LogP contribution in [0.1, 0.15) is 34.1 Å². The smallest absolute Gasteiger partial charge is 0.230 e. The van der Waals surface area contributed by atoms with Crippen LogP contribution >= 0.6 is 11.3 Å². The van der Waals surface area contributed by atoms with E-state index in [9.17, 15) is 9.59 Å². The van der Waals surface area contributed by atoms with Crippen LogP contribution < -0.4 is 9.64 Å². The van der Waals surface area contributed by atoms with Crippen LogP contribution in [-0.2, 0) is 11.4 Å². The first-order valence-corrected chi connectivity index (χ1v) is 10.8. The van der Waals surface area contributed by atoms with Crippen LogP contribution in [0.5, 0.6) is 5.75 Å². The first kappa shape index (κ1) is 20.8. The Morgan fingerprint density at radius 3 is 2.65 bits per heavy atom. The summed E-state index contributed by atoms with van der Waals surface area (Å²) in [6.45, 7) is 5.79. The minimum atomic E-state index is -0.108. The van der Waals surface area contributed by atoms with Crippen molar-refractivity contribution in [2.24, 2.45) is 0 Å². The van der Waals surface area contributed by atoms with Crippen molar-refractivity contribution in [2.45, 2.75) is 27.4 Å². The van der Waals surface area contributed by atoms with Gasteiger partial charge in [0.15, 0.2) is 11.4 Å². The lowest BCUT2D eigenvalue weighted by atomic mass is 10.0. The summed E-state index contributed by atoms with van der Waals surface area (Å²) in [5.74, 6) is 0.406. The topological polar surface area (TPSA) is 59.5 Å². The number of hydrogen-bond acceptors (Lipinski definition) is 5. The molecular formula is C25H22N2O3S. The van der Waals surface area contributed by atoms with Gasteiger partial charge in [-0.1, -0.05) is 36.4 Å². The lowest BCUT2D eigenvalue weighted by Crippen LogP contribution is -2.22. The van der Waals surface area contributed by atoms with Crippen LogP contribution in [0.2, 0.25) is 0 Å². The fraction of sp³-hybridized carbons (Fsp3) is 0.160. The van der Waals surface area contributed by atoms with Gasteiger partial charge in [0.05, 0.1) is 16.9 Å². The zero-order valence-electron chi connectivity index (χ0n) is 17.6. The number of amides is 1. The summed E-state index contributed by atoms with van der Waals surface area (Å²) in [6, 6.07) is 17.3. The Bertz CT molecular complexity index is 1280. The van der Waals surface area contributed by atoms with E-state index in [2.05, 4.69) is 4.98 Å². The summed E-state index contributed by atoms with van der Waals surface area (Å²) in [5.41, 5.74) is 4.28. The zero-order chi connectivity index (χ0) is 22.0. The molecular weight excluding hydrogens is 408 g/mol. The molecule has 31 heavy (non-hydrogen) atoms. The molecule has 0 radical (unpaired) electrons. The Kier molecular flexibility index (Phi) is 5.82. The summed E-state index contributed by atoms with van der Waals surface area (Å²) in [4.78, 5) is 30.3. The van der Waals surface area contributed by atoms with Gasteiger partial charge in [0.2, 0.25) is 5.91 Å². The number of carbonyl (C=O) groups excluding carboxylic acids is 2. The van der Waals surface area contributed by atoms with Crippen LogP contribution in [0.4, 0.5) is 10.8 Å². The predicted molar refractivity (Wildman–Crippen MR) is 125 cm³/mol. The van der Waals surface area contributed by atoms with Gasteiger partial charge < -0.3 is 4.74 Å². The van der Waals surface area contributed by atoms with E-state index in [-0.39, 0.29) is 12.5 Å². The first-order valence-electron chi connectivity index (χ1n) is 9.90. The summed E-state index contributed by atoms with van der Waals surface area (Å²) in [7, 11) is 0. The summed E-state index contributed by atoms with van der Waals surface area (Å²) >= 11 is 1.38. The molecule has 6 heteroatoms. The molecule has 0 aliphatic rings. The van der Waals surface area contributed by atoms with E-state index in [0.717, 1.165) is 28.3 Å². The summed E-state index contributed by atoms with van der Waals surface area (Å²) in [6.07, 6.45) is 0.821. The molecule has 0 bridgehead atoms. The molecule has 1 heterocycles. The maximum absolute atomic E-state index is 12.4. The molecule has 3 aromatic carbocycles. The monoisotopic (exact) mass is 430 g/mol. The largest absolute Gasteiger partial charge is 0.486 e. The fourth-order valence-corrected chi connectivity index (χ4v) is 4.30. The van der Waals surface area contributed by atoms with E-state index >= 15 is 0 Å². The number of aryl methyl sites for hydroxylation is 2. The van der Waals surface area contributed by atoms with Crippen molar-refractivity contribution in [3.8, 4) is 5.75 Å². The highest BCUT2D eigenvalue weighted by Gasteiger charge is 2.19. The molecule has 0 aliphatic carbocycles. The predicted octanol–water partition coefficient (Wildman–Crippen LogP) is 5.99. The van der Waals surface area contributed by atoms with Crippen LogP contribution in [0.3, 0.4) is 0 Å². The standard InChI is InChI=1S/C25H22N2O3S/c1-16-8-10-21(12-17(16)2)27(18(3)29)25-26-20(15-31-25)14-30-24-11-9-19-6-4-5-7-22(19)23(24)13-28/h4-13,15H,14H2,1-3H3. The molecule has 5 nitrogen and oxygen atoms in total. The molecule has 0 unspecified atom stereocenters. The molecule has 0 aliphatic heterocycles. The minimum Gasteiger partial charge on any atom is -0.486 e. The highest BCUT2D eigenvalue weighted by Crippen LogP contribution is 2.31. The molecule has 0 atom stereocenters.